The number of benzene rings is 2. The highest BCUT2D eigenvalue weighted by Crippen LogP contribution is 2.33. The van der Waals surface area contributed by atoms with Crippen LogP contribution in [0.5, 0.6) is 0 Å². The monoisotopic (exact) mass is 505 g/mol. The molecule has 0 heterocycles. The molecule has 1 N–H and O–H groups in total. The highest BCUT2D eigenvalue weighted by Gasteiger charge is 2.30. The number of nitrogens with zero attached hydrogens (tertiary/aromatic N) is 2. The molecule has 7 nitrogen and oxygen atoms in total. The molecular formula is C20H22Cl3N3O4S. The van der Waals surface area contributed by atoms with Gasteiger partial charge in [-0.3, -0.25) is 13.9 Å². The Hall–Kier alpha value is -2.00. The number of hydrogen-bond donors (Lipinski definition) is 1. The van der Waals surface area contributed by atoms with E-state index in [1.54, 1.807) is 31.2 Å². The number of anilines is 1. The van der Waals surface area contributed by atoms with E-state index in [4.69, 9.17) is 34.8 Å². The van der Waals surface area contributed by atoms with Crippen LogP contribution in [0.2, 0.25) is 15.1 Å². The van der Waals surface area contributed by atoms with Crippen molar-refractivity contribution in [1.29, 1.82) is 0 Å². The maximum atomic E-state index is 13.3. The summed E-state index contributed by atoms with van der Waals surface area (Å²) in [6.07, 6.45) is 0.959. The Labute approximate surface area is 196 Å². The maximum absolute atomic E-state index is 13.3. The number of sulfonamides is 1. The molecule has 0 spiro atoms. The Morgan fingerprint density at radius 3 is 2.32 bits per heavy atom. The van der Waals surface area contributed by atoms with Crippen LogP contribution in [0.15, 0.2) is 42.5 Å². The third kappa shape index (κ3) is 6.49. The lowest BCUT2D eigenvalue weighted by molar-refractivity contribution is -0.139. The topological polar surface area (TPSA) is 86.8 Å². The molecule has 0 unspecified atom stereocenters. The summed E-state index contributed by atoms with van der Waals surface area (Å²) in [6, 6.07) is 10.5. The summed E-state index contributed by atoms with van der Waals surface area (Å²) < 4.78 is 25.8. The van der Waals surface area contributed by atoms with E-state index < -0.39 is 34.4 Å². The van der Waals surface area contributed by atoms with Crippen molar-refractivity contribution < 1.29 is 18.0 Å². The SMILES string of the molecule is CNC(=O)[C@@H](C)N(Cc1cccc(Cl)c1)C(=O)CN(c1cccc(Cl)c1Cl)S(C)(=O)=O. The molecule has 0 fully saturated rings. The van der Waals surface area contributed by atoms with Crippen LogP contribution in [0, 0.1) is 0 Å². The highest BCUT2D eigenvalue weighted by atomic mass is 35.5. The minimum Gasteiger partial charge on any atom is -0.357 e. The Balaban J connectivity index is 2.43. The van der Waals surface area contributed by atoms with Gasteiger partial charge in [0.25, 0.3) is 0 Å². The average Bonchev–Trinajstić information content (AvgIpc) is 2.70. The molecule has 168 valence electrons. The number of hydrogen-bond acceptors (Lipinski definition) is 4. The number of halogens is 3. The lowest BCUT2D eigenvalue weighted by atomic mass is 10.1. The quantitative estimate of drug-likeness (QED) is 0.593. The van der Waals surface area contributed by atoms with Gasteiger partial charge in [0.1, 0.15) is 12.6 Å². The van der Waals surface area contributed by atoms with Crippen LogP contribution in [0.1, 0.15) is 12.5 Å². The van der Waals surface area contributed by atoms with Gasteiger partial charge in [0.05, 0.1) is 22.0 Å². The van der Waals surface area contributed by atoms with Crippen molar-refractivity contribution in [3.05, 3.63) is 63.1 Å². The fourth-order valence-electron chi connectivity index (χ4n) is 2.90. The molecule has 1 atom stereocenters. The van der Waals surface area contributed by atoms with Crippen LogP contribution in [0.25, 0.3) is 0 Å². The molecule has 0 saturated carbocycles. The van der Waals surface area contributed by atoms with Crippen molar-refractivity contribution in [2.24, 2.45) is 0 Å². The third-order valence-corrected chi connectivity index (χ3v) is 6.71. The van der Waals surface area contributed by atoms with Crippen molar-refractivity contribution in [1.82, 2.24) is 10.2 Å². The molecule has 0 bridgehead atoms. The Morgan fingerprint density at radius 1 is 1.10 bits per heavy atom. The first-order chi connectivity index (χ1) is 14.5. The molecule has 0 saturated heterocycles. The number of rotatable bonds is 8. The van der Waals surface area contributed by atoms with Gasteiger partial charge in [-0.15, -0.1) is 0 Å². The van der Waals surface area contributed by atoms with Crippen LogP contribution in [0.3, 0.4) is 0 Å². The molecule has 2 amide bonds. The summed E-state index contributed by atoms with van der Waals surface area (Å²) in [5, 5.41) is 3.12. The number of nitrogens with one attached hydrogen (secondary N) is 1. The third-order valence-electron chi connectivity index (χ3n) is 4.53. The van der Waals surface area contributed by atoms with Crippen LogP contribution < -0.4 is 9.62 Å². The van der Waals surface area contributed by atoms with Gasteiger partial charge in [-0.2, -0.15) is 0 Å². The molecule has 2 aromatic carbocycles. The number of amides is 2. The van der Waals surface area contributed by atoms with E-state index in [-0.39, 0.29) is 22.3 Å². The highest BCUT2D eigenvalue weighted by molar-refractivity contribution is 7.92. The van der Waals surface area contributed by atoms with Gasteiger partial charge >= 0.3 is 0 Å². The second-order valence-electron chi connectivity index (χ2n) is 6.78. The summed E-state index contributed by atoms with van der Waals surface area (Å²) in [6.45, 7) is 1.04. The van der Waals surface area contributed by atoms with Gasteiger partial charge in [-0.25, -0.2) is 8.42 Å². The predicted molar refractivity (Wildman–Crippen MR) is 124 cm³/mol. The van der Waals surface area contributed by atoms with E-state index >= 15 is 0 Å². The zero-order valence-electron chi connectivity index (χ0n) is 17.1. The predicted octanol–water partition coefficient (Wildman–Crippen LogP) is 3.58. The smallest absolute Gasteiger partial charge is 0.244 e. The van der Waals surface area contributed by atoms with E-state index in [9.17, 15) is 18.0 Å². The van der Waals surface area contributed by atoms with Crippen molar-refractivity contribution >= 4 is 62.3 Å². The van der Waals surface area contributed by atoms with Crippen molar-refractivity contribution in [3.63, 3.8) is 0 Å². The summed E-state index contributed by atoms with van der Waals surface area (Å²) in [5.74, 6) is -1.00. The van der Waals surface area contributed by atoms with Gasteiger partial charge in [-0.1, -0.05) is 53.0 Å². The zero-order valence-corrected chi connectivity index (χ0v) is 20.2. The standard InChI is InChI=1S/C20H22Cl3N3O4S/c1-13(20(28)24-2)25(11-14-6-4-7-15(21)10-14)18(27)12-26(31(3,29)30)17-9-5-8-16(22)19(17)23/h4-10,13H,11-12H2,1-3H3,(H,24,28)/t13-/m1/s1. The minimum atomic E-state index is -3.90. The Kier molecular flexibility index (Phi) is 8.59. The molecule has 11 heteroatoms. The number of carbonyl (C=O) groups is 2. The molecule has 0 radical (unpaired) electrons. The number of carbonyl (C=O) groups excluding carboxylic acids is 2. The van der Waals surface area contributed by atoms with E-state index in [1.165, 1.54) is 30.1 Å². The van der Waals surface area contributed by atoms with Gasteiger partial charge in [0.15, 0.2) is 0 Å². The first-order valence-corrected chi connectivity index (χ1v) is 12.1. The fraction of sp³-hybridized carbons (Fsp3) is 0.300. The molecule has 0 aliphatic carbocycles. The largest absolute Gasteiger partial charge is 0.357 e. The van der Waals surface area contributed by atoms with Crippen molar-refractivity contribution in [2.75, 3.05) is 24.2 Å². The Bertz CT molecular complexity index is 1080. The molecular weight excluding hydrogens is 485 g/mol. The van der Waals surface area contributed by atoms with Gasteiger partial charge in [0.2, 0.25) is 21.8 Å². The van der Waals surface area contributed by atoms with E-state index in [2.05, 4.69) is 5.32 Å². The molecule has 0 aliphatic heterocycles. The summed E-state index contributed by atoms with van der Waals surface area (Å²) in [4.78, 5) is 26.8. The molecule has 2 rings (SSSR count). The van der Waals surface area contributed by atoms with E-state index in [0.717, 1.165) is 10.6 Å². The van der Waals surface area contributed by atoms with Gasteiger partial charge < -0.3 is 10.2 Å². The van der Waals surface area contributed by atoms with Crippen LogP contribution in [0.4, 0.5) is 5.69 Å². The first-order valence-electron chi connectivity index (χ1n) is 9.13. The number of likely N-dealkylation sites (N-methyl/N-ethyl adjacent to an activating group) is 1. The minimum absolute atomic E-state index is 0.00290. The zero-order chi connectivity index (χ0) is 23.3. The average molecular weight is 507 g/mol. The lowest BCUT2D eigenvalue weighted by Gasteiger charge is -2.31. The van der Waals surface area contributed by atoms with Crippen molar-refractivity contribution in [3.8, 4) is 0 Å². The summed E-state index contributed by atoms with van der Waals surface area (Å²) in [5.41, 5.74) is 0.753. The van der Waals surface area contributed by atoms with Crippen LogP contribution in [-0.2, 0) is 26.2 Å². The van der Waals surface area contributed by atoms with Gasteiger partial charge in [0, 0.05) is 18.6 Å². The molecule has 0 aliphatic rings. The van der Waals surface area contributed by atoms with Crippen molar-refractivity contribution in [2.45, 2.75) is 19.5 Å². The molecule has 31 heavy (non-hydrogen) atoms. The maximum Gasteiger partial charge on any atom is 0.244 e. The normalized spacial score (nSPS) is 12.2. The molecule has 2 aromatic rings. The van der Waals surface area contributed by atoms with Crippen LogP contribution >= 0.6 is 34.8 Å². The Morgan fingerprint density at radius 2 is 1.74 bits per heavy atom. The van der Waals surface area contributed by atoms with E-state index in [0.29, 0.717) is 10.6 Å². The second-order valence-corrected chi connectivity index (χ2v) is 9.91. The van der Waals surface area contributed by atoms with Crippen LogP contribution in [-0.4, -0.2) is 51.0 Å². The van der Waals surface area contributed by atoms with E-state index in [1.807, 2.05) is 0 Å². The fourth-order valence-corrected chi connectivity index (χ4v) is 4.42. The lowest BCUT2D eigenvalue weighted by Crippen LogP contribution is -2.50. The summed E-state index contributed by atoms with van der Waals surface area (Å²) in [7, 11) is -2.44. The second kappa shape index (κ2) is 10.5. The summed E-state index contributed by atoms with van der Waals surface area (Å²) >= 11 is 18.3. The first kappa shape index (κ1) is 25.3. The molecule has 0 aromatic heterocycles. The van der Waals surface area contributed by atoms with Gasteiger partial charge in [-0.05, 0) is 36.8 Å².